The van der Waals surface area contributed by atoms with Gasteiger partial charge in [-0.2, -0.15) is 0 Å². The van der Waals surface area contributed by atoms with Crippen molar-refractivity contribution in [1.29, 1.82) is 0 Å². The Morgan fingerprint density at radius 2 is 0.849 bits per heavy atom. The molecule has 0 saturated heterocycles. The molecule has 0 aliphatic carbocycles. The Morgan fingerprint density at radius 3 is 1.17 bits per heavy atom. The second-order valence-electron chi connectivity index (χ2n) is 14.1. The van der Waals surface area contributed by atoms with Crippen LogP contribution in [0.25, 0.3) is 66.3 Å². The maximum Gasteiger partial charge on any atom is 4.00 e. The van der Waals surface area contributed by atoms with E-state index in [9.17, 15) is 0 Å². The number of rotatable bonds is 6. The van der Waals surface area contributed by atoms with Crippen molar-refractivity contribution in [3.63, 3.8) is 0 Å². The molecule has 2 aromatic heterocycles. The normalized spacial score (nSPS) is 10.7. The van der Waals surface area contributed by atoms with Crippen LogP contribution in [0.2, 0.25) is 0 Å². The summed E-state index contributed by atoms with van der Waals surface area (Å²) in [7, 11) is 0. The molecule has 8 aromatic rings. The van der Waals surface area contributed by atoms with E-state index in [0.717, 1.165) is 11.4 Å². The van der Waals surface area contributed by atoms with Gasteiger partial charge >= 0.3 is 26.2 Å². The molecule has 0 saturated carbocycles. The van der Waals surface area contributed by atoms with Gasteiger partial charge in [0.2, 0.25) is 0 Å². The van der Waals surface area contributed by atoms with E-state index in [-0.39, 0.29) is 51.0 Å². The molecule has 264 valence electrons. The number of halogens is 2. The summed E-state index contributed by atoms with van der Waals surface area (Å²) < 4.78 is 0. The molecule has 0 unspecified atom stereocenters. The molecule has 0 N–H and O–H groups in total. The van der Waals surface area contributed by atoms with Crippen molar-refractivity contribution in [2.45, 2.75) is 53.4 Å². The van der Waals surface area contributed by atoms with Gasteiger partial charge in [-0.3, -0.25) is 9.97 Å². The molecule has 0 radical (unpaired) electrons. The number of hydrogen-bond acceptors (Lipinski definition) is 2. The number of aromatic nitrogens is 2. The van der Waals surface area contributed by atoms with Gasteiger partial charge in [-0.1, -0.05) is 136 Å². The van der Waals surface area contributed by atoms with E-state index in [1.165, 1.54) is 77.2 Å². The molecule has 2 heterocycles. The van der Waals surface area contributed by atoms with Crippen molar-refractivity contribution in [2.24, 2.45) is 0 Å². The fraction of sp³-hybridized carbons (Fsp3) is 0.167. The zero-order valence-corrected chi connectivity index (χ0v) is 35.1. The van der Waals surface area contributed by atoms with E-state index in [0.29, 0.717) is 11.8 Å². The van der Waals surface area contributed by atoms with Gasteiger partial charge in [-0.15, -0.1) is 69.1 Å². The summed E-state index contributed by atoms with van der Waals surface area (Å²) in [5.74, 6) is 1.12. The van der Waals surface area contributed by atoms with Crippen molar-refractivity contribution >= 4 is 21.5 Å². The molecule has 0 aliphatic rings. The van der Waals surface area contributed by atoms with Gasteiger partial charge in [0, 0.05) is 23.8 Å². The first-order chi connectivity index (χ1) is 24.2. The summed E-state index contributed by atoms with van der Waals surface area (Å²) in [4.78, 5) is 9.15. The minimum atomic E-state index is 0. The minimum Gasteiger partial charge on any atom is -1.00 e. The van der Waals surface area contributed by atoms with Crippen LogP contribution in [0.4, 0.5) is 0 Å². The smallest absolute Gasteiger partial charge is 1.00 e. The average molecular weight is 811 g/mol. The largest absolute Gasteiger partial charge is 4.00 e. The average Bonchev–Trinajstić information content (AvgIpc) is 3.78. The van der Waals surface area contributed by atoms with E-state index in [1.807, 2.05) is 12.4 Å². The summed E-state index contributed by atoms with van der Waals surface area (Å²) in [6, 6.07) is 48.4. The summed E-state index contributed by atoms with van der Waals surface area (Å²) >= 11 is 0. The number of fused-ring (bicyclic) bond motifs is 2. The van der Waals surface area contributed by atoms with Crippen LogP contribution in [0.5, 0.6) is 0 Å². The minimum absolute atomic E-state index is 0. The predicted octanol–water partition coefficient (Wildman–Crippen LogP) is 7.44. The molecule has 2 nitrogen and oxygen atoms in total. The Balaban J connectivity index is 0.000000224. The quantitative estimate of drug-likeness (QED) is 0.163. The standard InChI is InChI=1S/2C24H22N.2ClH.Zr/c2*1-16(2)18-8-10-19(11-9-18)22-6-4-5-20-13-21(14-23(20)22)24-12-7-17(3)15-25-24;;;/h2*4-16H,1-3H3;2*1H;/q2*-1;;;+4/p-2. The SMILES string of the molecule is Cc1ccc(-c2cc3c(-c4ccc(C(C)C)cc4)cccc3[cH-]2)nc1.Cc1ccc(-c2cc3c(-c4ccc(C(C)C)cc4)cccc3[cH-]2)nc1.[Cl-].[Cl-].[Zr+4]. The maximum atomic E-state index is 4.58. The summed E-state index contributed by atoms with van der Waals surface area (Å²) in [6.45, 7) is 13.1. The first-order valence-corrected chi connectivity index (χ1v) is 17.7. The predicted molar refractivity (Wildman–Crippen MR) is 214 cm³/mol. The third-order valence-corrected chi connectivity index (χ3v) is 9.69. The Bertz CT molecular complexity index is 2200. The van der Waals surface area contributed by atoms with Gasteiger partial charge in [0.1, 0.15) is 0 Å². The molecule has 5 heteroatoms. The van der Waals surface area contributed by atoms with Crippen LogP contribution in [0, 0.1) is 13.8 Å². The Hall–Kier alpha value is -4.14. The molecule has 6 aromatic carbocycles. The van der Waals surface area contributed by atoms with Crippen molar-refractivity contribution in [3.05, 3.63) is 168 Å². The number of benzene rings is 4. The summed E-state index contributed by atoms with van der Waals surface area (Å²) in [5, 5.41) is 5.11. The zero-order chi connectivity index (χ0) is 34.8. The first-order valence-electron chi connectivity index (χ1n) is 17.7. The van der Waals surface area contributed by atoms with E-state index in [4.69, 9.17) is 0 Å². The van der Waals surface area contributed by atoms with Gasteiger partial charge in [0.05, 0.1) is 0 Å². The zero-order valence-electron chi connectivity index (χ0n) is 31.2. The molecule has 0 amide bonds. The summed E-state index contributed by atoms with van der Waals surface area (Å²) in [6.07, 6.45) is 3.86. The van der Waals surface area contributed by atoms with Crippen LogP contribution in [-0.4, -0.2) is 9.97 Å². The molecule has 0 atom stereocenters. The van der Waals surface area contributed by atoms with Crippen molar-refractivity contribution < 1.29 is 51.0 Å². The van der Waals surface area contributed by atoms with Crippen molar-refractivity contribution in [2.75, 3.05) is 0 Å². The van der Waals surface area contributed by atoms with Crippen LogP contribution < -0.4 is 24.8 Å². The van der Waals surface area contributed by atoms with Crippen molar-refractivity contribution in [3.8, 4) is 44.8 Å². The third kappa shape index (κ3) is 9.33. The summed E-state index contributed by atoms with van der Waals surface area (Å²) in [5.41, 5.74) is 14.7. The topological polar surface area (TPSA) is 25.8 Å². The van der Waals surface area contributed by atoms with Crippen LogP contribution in [0.15, 0.2) is 146 Å². The monoisotopic (exact) mass is 808 g/mol. The van der Waals surface area contributed by atoms with Gasteiger partial charge in [-0.05, 0) is 59.1 Å². The molecule has 0 aliphatic heterocycles. The molecule has 0 bridgehead atoms. The van der Waals surface area contributed by atoms with E-state index >= 15 is 0 Å². The van der Waals surface area contributed by atoms with Crippen LogP contribution >= 0.6 is 0 Å². The second kappa shape index (κ2) is 18.3. The molecule has 8 rings (SSSR count). The molecular formula is C48H44Cl2N2Zr. The van der Waals surface area contributed by atoms with Gasteiger partial charge in [-0.25, -0.2) is 0 Å². The number of pyridine rings is 2. The Kier molecular flexibility index (Phi) is 14.3. The molecule has 0 spiro atoms. The van der Waals surface area contributed by atoms with Crippen LogP contribution in [0.3, 0.4) is 0 Å². The number of aryl methyl sites for hydroxylation is 2. The number of hydrogen-bond donors (Lipinski definition) is 0. The Labute approximate surface area is 346 Å². The van der Waals surface area contributed by atoms with Crippen molar-refractivity contribution in [1.82, 2.24) is 9.97 Å². The van der Waals surface area contributed by atoms with Crippen LogP contribution in [-0.2, 0) is 26.2 Å². The second-order valence-corrected chi connectivity index (χ2v) is 14.1. The molecular weight excluding hydrogens is 767 g/mol. The first kappa shape index (κ1) is 41.6. The third-order valence-electron chi connectivity index (χ3n) is 9.69. The fourth-order valence-corrected chi connectivity index (χ4v) is 6.64. The van der Waals surface area contributed by atoms with Gasteiger partial charge in [0.15, 0.2) is 0 Å². The van der Waals surface area contributed by atoms with Crippen LogP contribution in [0.1, 0.15) is 61.8 Å². The van der Waals surface area contributed by atoms with E-state index in [1.54, 1.807) is 0 Å². The number of nitrogens with zero attached hydrogens (tertiary/aromatic N) is 2. The Morgan fingerprint density at radius 1 is 0.472 bits per heavy atom. The molecule has 53 heavy (non-hydrogen) atoms. The maximum absolute atomic E-state index is 4.58. The van der Waals surface area contributed by atoms with E-state index in [2.05, 4.69) is 185 Å². The van der Waals surface area contributed by atoms with Gasteiger partial charge in [0.25, 0.3) is 0 Å². The van der Waals surface area contributed by atoms with E-state index < -0.39 is 0 Å². The van der Waals surface area contributed by atoms with Gasteiger partial charge < -0.3 is 24.8 Å². The molecule has 0 fully saturated rings. The fourth-order valence-electron chi connectivity index (χ4n) is 6.64.